The minimum Gasteiger partial charge on any atom is -0.395 e. The van der Waals surface area contributed by atoms with E-state index >= 15 is 0 Å². The summed E-state index contributed by atoms with van der Waals surface area (Å²) in [6, 6.07) is 0.664. The van der Waals surface area contributed by atoms with E-state index in [2.05, 4.69) is 11.8 Å². The minimum atomic E-state index is 0.168. The molecule has 0 aromatic rings. The van der Waals surface area contributed by atoms with Gasteiger partial charge in [0.2, 0.25) is 5.91 Å². The van der Waals surface area contributed by atoms with Gasteiger partial charge in [-0.25, -0.2) is 0 Å². The Balaban J connectivity index is 1.86. The molecule has 1 aliphatic heterocycles. The third-order valence-corrected chi connectivity index (χ3v) is 4.01. The van der Waals surface area contributed by atoms with Gasteiger partial charge in [-0.05, 0) is 31.7 Å². The second kappa shape index (κ2) is 4.72. The molecular formula is C12H22N2O2. The number of rotatable bonds is 4. The molecule has 1 saturated heterocycles. The molecule has 0 aromatic carbocycles. The van der Waals surface area contributed by atoms with Crippen LogP contribution in [-0.4, -0.2) is 59.6 Å². The lowest BCUT2D eigenvalue weighted by Gasteiger charge is -2.26. The zero-order chi connectivity index (χ0) is 11.7. The quantitative estimate of drug-likeness (QED) is 0.750. The van der Waals surface area contributed by atoms with E-state index in [9.17, 15) is 9.90 Å². The van der Waals surface area contributed by atoms with Gasteiger partial charge < -0.3 is 10.0 Å². The van der Waals surface area contributed by atoms with Gasteiger partial charge >= 0.3 is 0 Å². The van der Waals surface area contributed by atoms with Crippen LogP contribution in [0.2, 0.25) is 0 Å². The van der Waals surface area contributed by atoms with Crippen molar-refractivity contribution in [2.75, 3.05) is 26.7 Å². The largest absolute Gasteiger partial charge is 0.395 e. The summed E-state index contributed by atoms with van der Waals surface area (Å²) in [5, 5.41) is 9.31. The van der Waals surface area contributed by atoms with Crippen molar-refractivity contribution in [1.82, 2.24) is 9.80 Å². The first-order valence-electron chi connectivity index (χ1n) is 6.24. The van der Waals surface area contributed by atoms with Gasteiger partial charge in [0, 0.05) is 19.1 Å². The maximum absolute atomic E-state index is 12.0. The second-order valence-corrected chi connectivity index (χ2v) is 5.22. The lowest BCUT2D eigenvalue weighted by Crippen LogP contribution is -2.43. The van der Waals surface area contributed by atoms with Crippen LogP contribution in [0.15, 0.2) is 0 Å². The molecule has 1 N–H and O–H groups in total. The van der Waals surface area contributed by atoms with Crippen LogP contribution in [0.5, 0.6) is 0 Å². The number of likely N-dealkylation sites (N-methyl/N-ethyl adjacent to an activating group) is 1. The first kappa shape index (κ1) is 11.9. The number of aliphatic hydroxyl groups is 1. The fourth-order valence-corrected chi connectivity index (χ4v) is 2.53. The van der Waals surface area contributed by atoms with Crippen LogP contribution in [0.25, 0.3) is 0 Å². The van der Waals surface area contributed by atoms with Crippen LogP contribution < -0.4 is 0 Å². The summed E-state index contributed by atoms with van der Waals surface area (Å²) in [5.41, 5.74) is 0. The number of aliphatic hydroxyl groups excluding tert-OH is 1. The average molecular weight is 226 g/mol. The highest BCUT2D eigenvalue weighted by molar-refractivity contribution is 5.78. The maximum Gasteiger partial charge on any atom is 0.236 e. The first-order chi connectivity index (χ1) is 7.63. The summed E-state index contributed by atoms with van der Waals surface area (Å²) in [6.45, 7) is 3.73. The summed E-state index contributed by atoms with van der Waals surface area (Å²) < 4.78 is 0. The normalized spacial score (nSPS) is 30.7. The van der Waals surface area contributed by atoms with E-state index in [1.165, 1.54) is 0 Å². The van der Waals surface area contributed by atoms with Gasteiger partial charge in [-0.1, -0.05) is 6.92 Å². The molecule has 1 aliphatic carbocycles. The lowest BCUT2D eigenvalue weighted by molar-refractivity contribution is -0.132. The summed E-state index contributed by atoms with van der Waals surface area (Å²) in [7, 11) is 1.90. The van der Waals surface area contributed by atoms with E-state index in [0.717, 1.165) is 25.8 Å². The molecule has 0 aromatic heterocycles. The molecule has 1 amide bonds. The van der Waals surface area contributed by atoms with Crippen LogP contribution in [-0.2, 0) is 4.79 Å². The first-order valence-corrected chi connectivity index (χ1v) is 6.24. The monoisotopic (exact) mass is 226 g/mol. The Kier molecular flexibility index (Phi) is 3.50. The predicted molar refractivity (Wildman–Crippen MR) is 62.0 cm³/mol. The summed E-state index contributed by atoms with van der Waals surface area (Å²) >= 11 is 0. The summed E-state index contributed by atoms with van der Waals surface area (Å²) in [6.07, 6.45) is 3.40. The van der Waals surface area contributed by atoms with Gasteiger partial charge in [0.15, 0.2) is 0 Å². The molecule has 4 heteroatoms. The summed E-state index contributed by atoms with van der Waals surface area (Å²) in [4.78, 5) is 16.0. The van der Waals surface area contributed by atoms with Gasteiger partial charge in [0.05, 0.1) is 13.2 Å². The topological polar surface area (TPSA) is 43.8 Å². The number of hydrogen-bond acceptors (Lipinski definition) is 3. The Hall–Kier alpha value is -0.610. The van der Waals surface area contributed by atoms with E-state index in [1.807, 2.05) is 11.9 Å². The van der Waals surface area contributed by atoms with Gasteiger partial charge in [-0.15, -0.1) is 0 Å². The van der Waals surface area contributed by atoms with E-state index in [0.29, 0.717) is 18.5 Å². The number of hydrogen-bond donors (Lipinski definition) is 1. The molecule has 4 nitrogen and oxygen atoms in total. The van der Waals surface area contributed by atoms with E-state index < -0.39 is 0 Å². The van der Waals surface area contributed by atoms with Crippen LogP contribution in [0, 0.1) is 5.92 Å². The fourth-order valence-electron chi connectivity index (χ4n) is 2.53. The molecule has 2 rings (SSSR count). The molecule has 0 spiro atoms. The number of carbonyl (C=O) groups is 1. The molecule has 1 heterocycles. The highest BCUT2D eigenvalue weighted by Gasteiger charge is 2.35. The zero-order valence-corrected chi connectivity index (χ0v) is 10.2. The Labute approximate surface area is 97.2 Å². The number of likely N-dealkylation sites (tertiary alicyclic amines) is 1. The Morgan fingerprint density at radius 3 is 2.69 bits per heavy atom. The molecule has 16 heavy (non-hydrogen) atoms. The van der Waals surface area contributed by atoms with Crippen molar-refractivity contribution in [3.05, 3.63) is 0 Å². The molecule has 0 bridgehead atoms. The highest BCUT2D eigenvalue weighted by atomic mass is 16.3. The van der Waals surface area contributed by atoms with E-state index in [1.54, 1.807) is 0 Å². The van der Waals surface area contributed by atoms with Crippen LogP contribution in [0.3, 0.4) is 0 Å². The lowest BCUT2D eigenvalue weighted by atomic mass is 10.0. The van der Waals surface area contributed by atoms with Gasteiger partial charge in [0.25, 0.3) is 0 Å². The van der Waals surface area contributed by atoms with Crippen molar-refractivity contribution in [2.24, 2.45) is 5.92 Å². The number of nitrogens with zero attached hydrogens (tertiary/aromatic N) is 2. The number of carbonyl (C=O) groups excluding carboxylic acids is 1. The minimum absolute atomic E-state index is 0.168. The third kappa shape index (κ3) is 2.38. The standard InChI is InChI=1S/C12H22N2O2/c1-9-5-6-14(11(9)8-15)7-12(16)13(2)10-3-4-10/h9-11,15H,3-8H2,1-2H3/t9-,11-/m0/s1. The van der Waals surface area contributed by atoms with Crippen molar-refractivity contribution < 1.29 is 9.90 Å². The molecule has 92 valence electrons. The maximum atomic E-state index is 12.0. The second-order valence-electron chi connectivity index (χ2n) is 5.22. The zero-order valence-electron chi connectivity index (χ0n) is 10.2. The van der Waals surface area contributed by atoms with Crippen LogP contribution >= 0.6 is 0 Å². The third-order valence-electron chi connectivity index (χ3n) is 4.01. The Bertz CT molecular complexity index is 266. The smallest absolute Gasteiger partial charge is 0.236 e. The van der Waals surface area contributed by atoms with Gasteiger partial charge in [-0.3, -0.25) is 9.69 Å². The van der Waals surface area contributed by atoms with Gasteiger partial charge in [0.1, 0.15) is 0 Å². The van der Waals surface area contributed by atoms with Crippen LogP contribution in [0.1, 0.15) is 26.2 Å². The van der Waals surface area contributed by atoms with Crippen molar-refractivity contribution in [3.63, 3.8) is 0 Å². The molecular weight excluding hydrogens is 204 g/mol. The van der Waals surface area contributed by atoms with Crippen molar-refractivity contribution in [1.29, 1.82) is 0 Å². The van der Waals surface area contributed by atoms with E-state index in [4.69, 9.17) is 0 Å². The number of amides is 1. The SMILES string of the molecule is C[C@H]1CCN(CC(=O)N(C)C2CC2)[C@H]1CO. The highest BCUT2D eigenvalue weighted by Crippen LogP contribution is 2.27. The Morgan fingerprint density at radius 1 is 1.44 bits per heavy atom. The average Bonchev–Trinajstić information content (AvgIpc) is 3.04. The van der Waals surface area contributed by atoms with Crippen molar-refractivity contribution in [2.45, 2.75) is 38.3 Å². The Morgan fingerprint density at radius 2 is 2.12 bits per heavy atom. The molecule has 0 radical (unpaired) electrons. The summed E-state index contributed by atoms with van der Waals surface area (Å²) in [5.74, 6) is 0.707. The van der Waals surface area contributed by atoms with Crippen molar-refractivity contribution in [3.8, 4) is 0 Å². The molecule has 2 fully saturated rings. The molecule has 1 saturated carbocycles. The molecule has 2 atom stereocenters. The molecule has 0 unspecified atom stereocenters. The predicted octanol–water partition coefficient (Wildman–Crippen LogP) is 0.310. The fraction of sp³-hybridized carbons (Fsp3) is 0.917. The van der Waals surface area contributed by atoms with Gasteiger partial charge in [-0.2, -0.15) is 0 Å². The van der Waals surface area contributed by atoms with Crippen LogP contribution in [0.4, 0.5) is 0 Å². The van der Waals surface area contributed by atoms with E-state index in [-0.39, 0.29) is 18.6 Å². The van der Waals surface area contributed by atoms with Crippen molar-refractivity contribution >= 4 is 5.91 Å². The molecule has 2 aliphatic rings.